The minimum Gasteiger partial charge on any atom is -0.508 e. The molecule has 1 aromatic carbocycles. The van der Waals surface area contributed by atoms with E-state index in [9.17, 15) is 15.3 Å². The van der Waals surface area contributed by atoms with Crippen LogP contribution in [-0.4, -0.2) is 32.3 Å². The van der Waals surface area contributed by atoms with Crippen molar-refractivity contribution in [1.82, 2.24) is 0 Å². The average molecular weight is 244 g/mol. The van der Waals surface area contributed by atoms with Crippen molar-refractivity contribution in [3.05, 3.63) is 29.3 Å². The average Bonchev–Trinajstić information content (AvgIpc) is 2.29. The van der Waals surface area contributed by atoms with Crippen LogP contribution in [0, 0.1) is 0 Å². The Morgan fingerprint density at radius 2 is 1.94 bits per heavy atom. The van der Waals surface area contributed by atoms with Crippen LogP contribution in [-0.2, 0) is 6.61 Å². The summed E-state index contributed by atoms with van der Waals surface area (Å²) in [6.07, 6.45) is -1.55. The minimum atomic E-state index is -1.03. The van der Waals surface area contributed by atoms with Crippen LogP contribution in [0.4, 0.5) is 0 Å². The monoisotopic (exact) mass is 244 g/mol. The lowest BCUT2D eigenvalue weighted by atomic mass is 10.0. The Morgan fingerprint density at radius 3 is 2.50 bits per heavy atom. The van der Waals surface area contributed by atoms with Crippen molar-refractivity contribution in [3.8, 4) is 5.75 Å². The fourth-order valence-corrected chi connectivity index (χ4v) is 1.69. The largest absolute Gasteiger partial charge is 0.508 e. The summed E-state index contributed by atoms with van der Waals surface area (Å²) in [7, 11) is 0. The lowest BCUT2D eigenvalue weighted by Crippen LogP contribution is -2.18. The predicted octanol–water partition coefficient (Wildman–Crippen LogP) is 0.599. The Bertz CT molecular complexity index is 343. The molecule has 4 nitrogen and oxygen atoms in total. The second-order valence-corrected chi connectivity index (χ2v) is 4.02. The maximum Gasteiger partial charge on any atom is 0.121 e. The van der Waals surface area contributed by atoms with Gasteiger partial charge in [-0.1, -0.05) is 6.07 Å². The first kappa shape index (κ1) is 13.3. The zero-order chi connectivity index (χ0) is 12.1. The van der Waals surface area contributed by atoms with Gasteiger partial charge in [0.05, 0.1) is 12.7 Å². The molecular weight excluding hydrogens is 228 g/mol. The molecule has 0 heterocycles. The van der Waals surface area contributed by atoms with Gasteiger partial charge >= 0.3 is 0 Å². The molecule has 0 aliphatic rings. The van der Waals surface area contributed by atoms with E-state index in [1.165, 1.54) is 18.2 Å². The molecule has 2 atom stereocenters. The molecule has 0 spiro atoms. The van der Waals surface area contributed by atoms with E-state index in [-0.39, 0.29) is 12.4 Å². The number of thiol groups is 1. The maximum atomic E-state index is 9.78. The lowest BCUT2D eigenvalue weighted by molar-refractivity contribution is 0.0171. The van der Waals surface area contributed by atoms with Gasteiger partial charge < -0.3 is 20.4 Å². The van der Waals surface area contributed by atoms with E-state index in [2.05, 4.69) is 12.6 Å². The summed E-state index contributed by atoms with van der Waals surface area (Å²) < 4.78 is 0. The quantitative estimate of drug-likeness (QED) is 0.491. The number of aliphatic hydroxyl groups excluding tert-OH is 3. The molecule has 5 heteroatoms. The zero-order valence-electron chi connectivity index (χ0n) is 8.74. The summed E-state index contributed by atoms with van der Waals surface area (Å²) in [5.74, 6) is 0.450. The first-order valence-corrected chi connectivity index (χ1v) is 5.63. The fraction of sp³-hybridized carbons (Fsp3) is 0.455. The van der Waals surface area contributed by atoms with E-state index in [1.54, 1.807) is 0 Å². The molecule has 0 saturated carbocycles. The Balaban J connectivity index is 2.87. The summed E-state index contributed by atoms with van der Waals surface area (Å²) in [5.41, 5.74) is 0.797. The normalized spacial score (nSPS) is 14.8. The highest BCUT2D eigenvalue weighted by atomic mass is 32.1. The fourth-order valence-electron chi connectivity index (χ4n) is 1.43. The van der Waals surface area contributed by atoms with Crippen LogP contribution < -0.4 is 0 Å². The van der Waals surface area contributed by atoms with Crippen LogP contribution in [0.1, 0.15) is 23.7 Å². The number of hydrogen-bond donors (Lipinski definition) is 5. The molecule has 1 rings (SSSR count). The van der Waals surface area contributed by atoms with E-state index in [4.69, 9.17) is 5.11 Å². The third-order valence-corrected chi connectivity index (χ3v) is 2.66. The molecule has 2 unspecified atom stereocenters. The van der Waals surface area contributed by atoms with Crippen molar-refractivity contribution in [2.45, 2.75) is 25.2 Å². The highest BCUT2D eigenvalue weighted by Crippen LogP contribution is 2.25. The molecule has 0 bridgehead atoms. The Kier molecular flexibility index (Phi) is 5.08. The molecule has 0 aliphatic carbocycles. The number of aromatic hydroxyl groups is 1. The highest BCUT2D eigenvalue weighted by molar-refractivity contribution is 7.80. The van der Waals surface area contributed by atoms with E-state index in [1.807, 2.05) is 0 Å². The third kappa shape index (κ3) is 3.12. The molecule has 0 radical (unpaired) electrons. The Hall–Kier alpha value is -0.750. The van der Waals surface area contributed by atoms with Crippen LogP contribution in [0.25, 0.3) is 0 Å². The molecule has 0 amide bonds. The van der Waals surface area contributed by atoms with Crippen molar-refractivity contribution in [3.63, 3.8) is 0 Å². The number of phenols is 1. The predicted molar refractivity (Wildman–Crippen MR) is 63.5 cm³/mol. The van der Waals surface area contributed by atoms with Crippen molar-refractivity contribution in [1.29, 1.82) is 0 Å². The first-order valence-electron chi connectivity index (χ1n) is 4.99. The van der Waals surface area contributed by atoms with Crippen molar-refractivity contribution in [2.75, 3.05) is 5.75 Å². The van der Waals surface area contributed by atoms with Gasteiger partial charge in [0.1, 0.15) is 11.9 Å². The van der Waals surface area contributed by atoms with Gasteiger partial charge in [-0.15, -0.1) is 0 Å². The summed E-state index contributed by atoms with van der Waals surface area (Å²) in [5, 5.41) is 37.7. The molecule has 16 heavy (non-hydrogen) atoms. The smallest absolute Gasteiger partial charge is 0.121 e. The third-order valence-electron chi connectivity index (χ3n) is 2.40. The van der Waals surface area contributed by atoms with E-state index in [0.29, 0.717) is 23.3 Å². The minimum absolute atomic E-state index is 0.0258. The SMILES string of the molecule is OCc1cc(C(O)C(O)CCS)ccc1O. The molecule has 0 aliphatic heterocycles. The number of benzene rings is 1. The zero-order valence-corrected chi connectivity index (χ0v) is 9.64. The van der Waals surface area contributed by atoms with Gasteiger partial charge in [0.25, 0.3) is 0 Å². The molecule has 0 fully saturated rings. The van der Waals surface area contributed by atoms with Crippen LogP contribution in [0.2, 0.25) is 0 Å². The van der Waals surface area contributed by atoms with Crippen LogP contribution in [0.3, 0.4) is 0 Å². The van der Waals surface area contributed by atoms with Gasteiger partial charge in [-0.3, -0.25) is 0 Å². The molecule has 0 aromatic heterocycles. The molecule has 1 aromatic rings. The summed E-state index contributed by atoms with van der Waals surface area (Å²) in [4.78, 5) is 0. The van der Waals surface area contributed by atoms with Crippen molar-refractivity contribution in [2.24, 2.45) is 0 Å². The van der Waals surface area contributed by atoms with E-state index >= 15 is 0 Å². The Labute approximate surface area is 99.6 Å². The summed E-state index contributed by atoms with van der Waals surface area (Å²) in [6, 6.07) is 4.38. The number of rotatable bonds is 5. The second-order valence-electron chi connectivity index (χ2n) is 3.57. The molecule has 4 N–H and O–H groups in total. The van der Waals surface area contributed by atoms with Gasteiger partial charge in [0.2, 0.25) is 0 Å². The standard InChI is InChI=1S/C11H16O4S/c12-6-8-5-7(1-2-9(8)13)11(15)10(14)3-4-16/h1-2,5,10-16H,3-4,6H2. The molecular formula is C11H16O4S. The van der Waals surface area contributed by atoms with Crippen molar-refractivity contribution >= 4 is 12.6 Å². The van der Waals surface area contributed by atoms with Crippen LogP contribution >= 0.6 is 12.6 Å². The van der Waals surface area contributed by atoms with Gasteiger partial charge in [0.15, 0.2) is 0 Å². The molecule has 90 valence electrons. The topological polar surface area (TPSA) is 80.9 Å². The summed E-state index contributed by atoms with van der Waals surface area (Å²) >= 11 is 3.97. The van der Waals surface area contributed by atoms with E-state index in [0.717, 1.165) is 0 Å². The Morgan fingerprint density at radius 1 is 1.25 bits per heavy atom. The number of hydrogen-bond acceptors (Lipinski definition) is 5. The van der Waals surface area contributed by atoms with Crippen LogP contribution in [0.5, 0.6) is 5.75 Å². The van der Waals surface area contributed by atoms with Gasteiger partial charge in [-0.25, -0.2) is 0 Å². The lowest BCUT2D eigenvalue weighted by Gasteiger charge is -2.18. The first-order chi connectivity index (χ1) is 7.60. The van der Waals surface area contributed by atoms with Crippen molar-refractivity contribution < 1.29 is 20.4 Å². The van der Waals surface area contributed by atoms with Gasteiger partial charge in [-0.2, -0.15) is 12.6 Å². The number of aliphatic hydroxyl groups is 3. The maximum absolute atomic E-state index is 9.78. The summed E-state index contributed by atoms with van der Waals surface area (Å²) in [6.45, 7) is -0.310. The highest BCUT2D eigenvalue weighted by Gasteiger charge is 2.18. The molecule has 0 saturated heterocycles. The second kappa shape index (κ2) is 6.10. The van der Waals surface area contributed by atoms with Gasteiger partial charge in [0, 0.05) is 5.56 Å². The van der Waals surface area contributed by atoms with Gasteiger partial charge in [-0.05, 0) is 29.9 Å². The van der Waals surface area contributed by atoms with E-state index < -0.39 is 12.2 Å². The van der Waals surface area contributed by atoms with Crippen LogP contribution in [0.15, 0.2) is 18.2 Å².